The first-order chi connectivity index (χ1) is 5.88. The van der Waals surface area contributed by atoms with Crippen LogP contribution in [0.2, 0.25) is 0 Å². The van der Waals surface area contributed by atoms with E-state index in [4.69, 9.17) is 10.00 Å². The van der Waals surface area contributed by atoms with E-state index in [0.29, 0.717) is 5.75 Å². The molecule has 1 rings (SSSR count). The van der Waals surface area contributed by atoms with Gasteiger partial charge in [-0.2, -0.15) is 17.9 Å². The van der Waals surface area contributed by atoms with E-state index in [9.17, 15) is 0 Å². The Morgan fingerprint density at radius 1 is 1.42 bits per heavy atom. The molecule has 0 bridgehead atoms. The summed E-state index contributed by atoms with van der Waals surface area (Å²) in [4.78, 5) is 0. The Labute approximate surface area is 77.2 Å². The Balaban J connectivity index is 2.76. The molecule has 0 amide bonds. The van der Waals surface area contributed by atoms with Crippen molar-refractivity contribution in [1.29, 1.82) is 5.26 Å². The molecule has 3 heteroatoms. The van der Waals surface area contributed by atoms with Crippen LogP contribution in [0.5, 0.6) is 5.75 Å². The summed E-state index contributed by atoms with van der Waals surface area (Å²) < 4.78 is 5.17. The Morgan fingerprint density at radius 3 is 2.83 bits per heavy atom. The summed E-state index contributed by atoms with van der Waals surface area (Å²) in [6.45, 7) is 0.0881. The molecule has 62 valence electrons. The van der Waals surface area contributed by atoms with Crippen molar-refractivity contribution in [2.45, 2.75) is 5.75 Å². The first-order valence-electron chi connectivity index (χ1n) is 3.57. The van der Waals surface area contributed by atoms with E-state index in [0.717, 1.165) is 11.3 Å². The molecule has 1 aromatic carbocycles. The molecule has 12 heavy (non-hydrogen) atoms. The van der Waals surface area contributed by atoms with E-state index >= 15 is 0 Å². The van der Waals surface area contributed by atoms with Gasteiger partial charge in [-0.3, -0.25) is 0 Å². The smallest absolute Gasteiger partial charge is 0.174 e. The van der Waals surface area contributed by atoms with Crippen LogP contribution in [0.3, 0.4) is 0 Å². The van der Waals surface area contributed by atoms with Crippen molar-refractivity contribution in [2.75, 3.05) is 6.61 Å². The molecule has 0 aliphatic rings. The van der Waals surface area contributed by atoms with Gasteiger partial charge in [0.2, 0.25) is 0 Å². The van der Waals surface area contributed by atoms with Gasteiger partial charge in [0.15, 0.2) is 6.61 Å². The van der Waals surface area contributed by atoms with E-state index < -0.39 is 0 Å². The summed E-state index contributed by atoms with van der Waals surface area (Å²) in [5, 5.41) is 8.30. The lowest BCUT2D eigenvalue weighted by Gasteiger charge is -2.05. The molecular formula is C9H9NOS. The zero-order valence-corrected chi connectivity index (χ0v) is 7.42. The molecule has 0 N–H and O–H groups in total. The second-order valence-corrected chi connectivity index (χ2v) is 2.53. The van der Waals surface area contributed by atoms with Gasteiger partial charge in [0.05, 0.1) is 0 Å². The molecule has 2 nitrogen and oxygen atoms in total. The molecule has 0 aliphatic heterocycles. The van der Waals surface area contributed by atoms with Crippen LogP contribution in [0.4, 0.5) is 0 Å². The van der Waals surface area contributed by atoms with Crippen LogP contribution < -0.4 is 4.74 Å². The van der Waals surface area contributed by atoms with Crippen molar-refractivity contribution in [1.82, 2.24) is 0 Å². The number of para-hydroxylation sites is 1. The standard InChI is InChI=1S/C9H9NOS/c10-5-6-11-9-4-2-1-3-8(9)7-12/h1-4,12H,6-7H2. The number of ether oxygens (including phenoxy) is 1. The van der Waals surface area contributed by atoms with Gasteiger partial charge in [-0.05, 0) is 6.07 Å². The molecule has 0 aromatic heterocycles. The van der Waals surface area contributed by atoms with Gasteiger partial charge >= 0.3 is 0 Å². The Bertz CT molecular complexity index is 293. The first-order valence-corrected chi connectivity index (χ1v) is 4.20. The number of nitrogens with zero attached hydrogens (tertiary/aromatic N) is 1. The maximum absolute atomic E-state index is 8.30. The second kappa shape index (κ2) is 4.68. The van der Waals surface area contributed by atoms with Gasteiger partial charge in [0.25, 0.3) is 0 Å². The highest BCUT2D eigenvalue weighted by Crippen LogP contribution is 2.18. The van der Waals surface area contributed by atoms with Crippen molar-refractivity contribution < 1.29 is 4.74 Å². The fraction of sp³-hybridized carbons (Fsp3) is 0.222. The summed E-state index contributed by atoms with van der Waals surface area (Å²) in [5.41, 5.74) is 1.01. The van der Waals surface area contributed by atoms with Gasteiger partial charge in [-0.1, -0.05) is 18.2 Å². The van der Waals surface area contributed by atoms with Gasteiger partial charge in [0.1, 0.15) is 11.8 Å². The van der Waals surface area contributed by atoms with Crippen LogP contribution in [0.25, 0.3) is 0 Å². The van der Waals surface area contributed by atoms with E-state index in [-0.39, 0.29) is 6.61 Å². The minimum atomic E-state index is 0.0881. The lowest BCUT2D eigenvalue weighted by atomic mass is 10.2. The van der Waals surface area contributed by atoms with Crippen molar-refractivity contribution in [3.63, 3.8) is 0 Å². The third kappa shape index (κ3) is 2.18. The summed E-state index contributed by atoms with van der Waals surface area (Å²) in [6.07, 6.45) is 0. The van der Waals surface area contributed by atoms with Crippen molar-refractivity contribution in [2.24, 2.45) is 0 Å². The van der Waals surface area contributed by atoms with Gasteiger partial charge in [0, 0.05) is 11.3 Å². The van der Waals surface area contributed by atoms with Gasteiger partial charge in [-0.15, -0.1) is 0 Å². The van der Waals surface area contributed by atoms with E-state index in [1.54, 1.807) is 0 Å². The van der Waals surface area contributed by atoms with Gasteiger partial charge < -0.3 is 4.74 Å². The second-order valence-electron chi connectivity index (χ2n) is 2.21. The minimum Gasteiger partial charge on any atom is -0.478 e. The molecule has 0 aliphatic carbocycles. The number of benzene rings is 1. The molecule has 0 atom stereocenters. The van der Waals surface area contributed by atoms with Crippen LogP contribution in [-0.2, 0) is 5.75 Å². The largest absolute Gasteiger partial charge is 0.478 e. The lowest BCUT2D eigenvalue weighted by molar-refractivity contribution is 0.365. The average molecular weight is 179 g/mol. The van der Waals surface area contributed by atoms with Crippen LogP contribution in [0, 0.1) is 11.3 Å². The lowest BCUT2D eigenvalue weighted by Crippen LogP contribution is -1.96. The molecule has 0 spiro atoms. The van der Waals surface area contributed by atoms with Crippen LogP contribution in [-0.4, -0.2) is 6.61 Å². The number of hydrogen-bond acceptors (Lipinski definition) is 3. The topological polar surface area (TPSA) is 33.0 Å². The third-order valence-electron chi connectivity index (χ3n) is 1.44. The summed E-state index contributed by atoms with van der Waals surface area (Å²) >= 11 is 4.14. The summed E-state index contributed by atoms with van der Waals surface area (Å²) in [7, 11) is 0. The van der Waals surface area contributed by atoms with Crippen molar-refractivity contribution in [3.05, 3.63) is 29.8 Å². The molecule has 1 aromatic rings. The summed E-state index contributed by atoms with van der Waals surface area (Å²) in [6, 6.07) is 9.48. The molecule has 0 fully saturated rings. The molecular weight excluding hydrogens is 170 g/mol. The highest BCUT2D eigenvalue weighted by Gasteiger charge is 1.98. The number of rotatable bonds is 3. The zero-order chi connectivity index (χ0) is 8.81. The fourth-order valence-corrected chi connectivity index (χ4v) is 1.15. The minimum absolute atomic E-state index is 0.0881. The highest BCUT2D eigenvalue weighted by molar-refractivity contribution is 7.79. The van der Waals surface area contributed by atoms with E-state index in [1.807, 2.05) is 30.3 Å². The Kier molecular flexibility index (Phi) is 3.49. The maximum Gasteiger partial charge on any atom is 0.174 e. The van der Waals surface area contributed by atoms with E-state index in [2.05, 4.69) is 12.6 Å². The van der Waals surface area contributed by atoms with E-state index in [1.165, 1.54) is 0 Å². The molecule has 0 heterocycles. The normalized spacial score (nSPS) is 9.00. The SMILES string of the molecule is N#CCOc1ccccc1CS. The predicted octanol–water partition coefficient (Wildman–Crippen LogP) is 2.02. The summed E-state index contributed by atoms with van der Waals surface area (Å²) in [5.74, 6) is 1.37. The maximum atomic E-state index is 8.30. The van der Waals surface area contributed by atoms with Crippen molar-refractivity contribution in [3.8, 4) is 11.8 Å². The fourth-order valence-electron chi connectivity index (χ4n) is 0.885. The predicted molar refractivity (Wildman–Crippen MR) is 50.2 cm³/mol. The zero-order valence-electron chi connectivity index (χ0n) is 6.53. The average Bonchev–Trinajstić information content (AvgIpc) is 2.15. The third-order valence-corrected chi connectivity index (χ3v) is 1.78. The number of thiol groups is 1. The van der Waals surface area contributed by atoms with Crippen LogP contribution >= 0.6 is 12.6 Å². The van der Waals surface area contributed by atoms with Gasteiger partial charge in [-0.25, -0.2) is 0 Å². The van der Waals surface area contributed by atoms with Crippen LogP contribution in [0.1, 0.15) is 5.56 Å². The Morgan fingerprint density at radius 2 is 2.17 bits per heavy atom. The Hall–Kier alpha value is -1.14. The molecule has 0 unspecified atom stereocenters. The molecule has 0 radical (unpaired) electrons. The monoisotopic (exact) mass is 179 g/mol. The number of nitriles is 1. The highest BCUT2D eigenvalue weighted by atomic mass is 32.1. The van der Waals surface area contributed by atoms with Crippen LogP contribution in [0.15, 0.2) is 24.3 Å². The molecule has 0 saturated carbocycles. The molecule has 0 saturated heterocycles. The first kappa shape index (κ1) is 8.95. The number of hydrogen-bond donors (Lipinski definition) is 1. The quantitative estimate of drug-likeness (QED) is 0.720. The van der Waals surface area contributed by atoms with Crippen molar-refractivity contribution >= 4 is 12.6 Å².